The molecule has 3 heteroatoms. The van der Waals surface area contributed by atoms with Crippen LogP contribution < -0.4 is 0 Å². The molecule has 0 aliphatic heterocycles. The maximum Gasteiger partial charge on any atom is 0.373 e. The van der Waals surface area contributed by atoms with E-state index in [4.69, 9.17) is 9.47 Å². The van der Waals surface area contributed by atoms with Crippen molar-refractivity contribution in [1.82, 2.24) is 0 Å². The SMILES string of the molecule is CC#CCO/C(=C\C)C(=O)OC(C)C. The van der Waals surface area contributed by atoms with Crippen LogP contribution in [0.25, 0.3) is 0 Å². The molecule has 0 bridgehead atoms. The Kier molecular flexibility index (Phi) is 6.30. The minimum Gasteiger partial charge on any atom is -0.474 e. The highest BCUT2D eigenvalue weighted by molar-refractivity contribution is 5.86. The average molecular weight is 196 g/mol. The Morgan fingerprint density at radius 1 is 1.50 bits per heavy atom. The molecule has 0 heterocycles. The highest BCUT2D eigenvalue weighted by Crippen LogP contribution is 2.02. The predicted molar refractivity (Wildman–Crippen MR) is 54.4 cm³/mol. The Morgan fingerprint density at radius 3 is 2.57 bits per heavy atom. The fourth-order valence-corrected chi connectivity index (χ4v) is 0.718. The topological polar surface area (TPSA) is 35.5 Å². The van der Waals surface area contributed by atoms with Crippen LogP contribution in [0, 0.1) is 11.8 Å². The zero-order valence-corrected chi connectivity index (χ0v) is 9.09. The second-order valence-corrected chi connectivity index (χ2v) is 2.82. The van der Waals surface area contributed by atoms with Gasteiger partial charge in [-0.15, -0.1) is 5.92 Å². The van der Waals surface area contributed by atoms with E-state index in [0.29, 0.717) is 0 Å². The Balaban J connectivity index is 4.12. The summed E-state index contributed by atoms with van der Waals surface area (Å²) in [5.41, 5.74) is 0. The largest absolute Gasteiger partial charge is 0.474 e. The van der Waals surface area contributed by atoms with Gasteiger partial charge in [0.25, 0.3) is 0 Å². The fourth-order valence-electron chi connectivity index (χ4n) is 0.718. The van der Waals surface area contributed by atoms with E-state index < -0.39 is 5.97 Å². The molecule has 0 unspecified atom stereocenters. The van der Waals surface area contributed by atoms with Crippen molar-refractivity contribution in [1.29, 1.82) is 0 Å². The molecule has 3 nitrogen and oxygen atoms in total. The molecule has 0 N–H and O–H groups in total. The van der Waals surface area contributed by atoms with Gasteiger partial charge >= 0.3 is 5.97 Å². The first-order chi connectivity index (χ1) is 6.61. The smallest absolute Gasteiger partial charge is 0.373 e. The zero-order valence-electron chi connectivity index (χ0n) is 9.09. The second kappa shape index (κ2) is 7.02. The van der Waals surface area contributed by atoms with Crippen molar-refractivity contribution in [2.24, 2.45) is 0 Å². The van der Waals surface area contributed by atoms with Crippen molar-refractivity contribution in [3.05, 3.63) is 11.8 Å². The monoisotopic (exact) mass is 196 g/mol. The van der Waals surface area contributed by atoms with Crippen molar-refractivity contribution >= 4 is 5.97 Å². The summed E-state index contributed by atoms with van der Waals surface area (Å²) in [5.74, 6) is 5.14. The summed E-state index contributed by atoms with van der Waals surface area (Å²) in [7, 11) is 0. The summed E-state index contributed by atoms with van der Waals surface area (Å²) in [6, 6.07) is 0. The Labute approximate surface area is 85.1 Å². The molecular formula is C11H16O3. The van der Waals surface area contributed by atoms with Crippen molar-refractivity contribution in [3.63, 3.8) is 0 Å². The van der Waals surface area contributed by atoms with Crippen LogP contribution in [0.3, 0.4) is 0 Å². The van der Waals surface area contributed by atoms with Crippen molar-refractivity contribution in [2.45, 2.75) is 33.8 Å². The molecule has 14 heavy (non-hydrogen) atoms. The van der Waals surface area contributed by atoms with Gasteiger partial charge in [-0.2, -0.15) is 0 Å². The zero-order chi connectivity index (χ0) is 11.0. The normalized spacial score (nSPS) is 10.5. The van der Waals surface area contributed by atoms with Crippen LogP contribution in [-0.2, 0) is 14.3 Å². The number of ether oxygens (including phenoxy) is 2. The second-order valence-electron chi connectivity index (χ2n) is 2.82. The van der Waals surface area contributed by atoms with Crippen LogP contribution in [0.1, 0.15) is 27.7 Å². The maximum absolute atomic E-state index is 11.3. The number of carbonyl (C=O) groups is 1. The number of carbonyl (C=O) groups excluding carboxylic acids is 1. The molecule has 0 radical (unpaired) electrons. The molecule has 0 fully saturated rings. The number of allylic oxidation sites excluding steroid dienone is 1. The Hall–Kier alpha value is -1.43. The summed E-state index contributed by atoms with van der Waals surface area (Å²) in [6.07, 6.45) is 1.43. The summed E-state index contributed by atoms with van der Waals surface area (Å²) < 4.78 is 10.1. The van der Waals surface area contributed by atoms with E-state index in [1.54, 1.807) is 33.8 Å². The third kappa shape index (κ3) is 5.26. The lowest BCUT2D eigenvalue weighted by molar-refractivity contribution is -0.146. The standard InChI is InChI=1S/C11H16O3/c1-5-7-8-13-10(6-2)11(12)14-9(3)4/h6,9H,8H2,1-4H3/b10-6-. The first kappa shape index (κ1) is 12.6. The Bertz CT molecular complexity index is 266. The molecular weight excluding hydrogens is 180 g/mol. The van der Waals surface area contributed by atoms with Gasteiger partial charge in [0.15, 0.2) is 0 Å². The van der Waals surface area contributed by atoms with E-state index in [1.165, 1.54) is 0 Å². The lowest BCUT2D eigenvalue weighted by Gasteiger charge is -2.10. The van der Waals surface area contributed by atoms with Crippen molar-refractivity contribution < 1.29 is 14.3 Å². The van der Waals surface area contributed by atoms with Crippen molar-refractivity contribution in [3.8, 4) is 11.8 Å². The van der Waals surface area contributed by atoms with Crippen molar-refractivity contribution in [2.75, 3.05) is 6.61 Å². The third-order valence-corrected chi connectivity index (χ3v) is 1.28. The Morgan fingerprint density at radius 2 is 2.14 bits per heavy atom. The molecule has 0 rings (SSSR count). The molecule has 0 aromatic heterocycles. The van der Waals surface area contributed by atoms with Gasteiger partial charge in [0, 0.05) is 0 Å². The van der Waals surface area contributed by atoms with Crippen LogP contribution in [0.15, 0.2) is 11.8 Å². The van der Waals surface area contributed by atoms with Crippen LogP contribution in [0.4, 0.5) is 0 Å². The van der Waals surface area contributed by atoms with E-state index in [0.717, 1.165) is 0 Å². The average Bonchev–Trinajstić information content (AvgIpc) is 2.11. The lowest BCUT2D eigenvalue weighted by Crippen LogP contribution is -2.15. The summed E-state index contributed by atoms with van der Waals surface area (Å²) in [4.78, 5) is 11.3. The van der Waals surface area contributed by atoms with Gasteiger partial charge in [-0.05, 0) is 33.8 Å². The quantitative estimate of drug-likeness (QED) is 0.298. The predicted octanol–water partition coefficient (Wildman–Crippen LogP) is 1.88. The highest BCUT2D eigenvalue weighted by atomic mass is 16.6. The van der Waals surface area contributed by atoms with E-state index in [1.807, 2.05) is 0 Å². The maximum atomic E-state index is 11.3. The molecule has 0 aliphatic rings. The lowest BCUT2D eigenvalue weighted by atomic mass is 10.4. The van der Waals surface area contributed by atoms with Crippen LogP contribution in [0.2, 0.25) is 0 Å². The van der Waals surface area contributed by atoms with Gasteiger partial charge in [0.2, 0.25) is 5.76 Å². The van der Waals surface area contributed by atoms with E-state index in [-0.39, 0.29) is 18.5 Å². The fraction of sp³-hybridized carbons (Fsp3) is 0.545. The number of rotatable bonds is 4. The summed E-state index contributed by atoms with van der Waals surface area (Å²) >= 11 is 0. The first-order valence-electron chi connectivity index (χ1n) is 4.51. The van der Waals surface area contributed by atoms with Crippen LogP contribution in [0.5, 0.6) is 0 Å². The molecule has 0 amide bonds. The third-order valence-electron chi connectivity index (χ3n) is 1.28. The highest BCUT2D eigenvalue weighted by Gasteiger charge is 2.12. The first-order valence-corrected chi connectivity index (χ1v) is 4.51. The number of hydrogen-bond donors (Lipinski definition) is 0. The number of hydrogen-bond acceptors (Lipinski definition) is 3. The van der Waals surface area contributed by atoms with Gasteiger partial charge in [0.05, 0.1) is 6.10 Å². The van der Waals surface area contributed by atoms with Gasteiger partial charge in [-0.1, -0.05) is 5.92 Å². The molecule has 0 atom stereocenters. The molecule has 0 aromatic carbocycles. The molecule has 78 valence electrons. The molecule has 0 saturated carbocycles. The van der Waals surface area contributed by atoms with E-state index >= 15 is 0 Å². The molecule has 0 saturated heterocycles. The van der Waals surface area contributed by atoms with Gasteiger partial charge < -0.3 is 9.47 Å². The summed E-state index contributed by atoms with van der Waals surface area (Å²) in [6.45, 7) is 7.22. The van der Waals surface area contributed by atoms with E-state index in [2.05, 4.69) is 11.8 Å². The minimum atomic E-state index is -0.444. The molecule has 0 aromatic rings. The van der Waals surface area contributed by atoms with Gasteiger partial charge in [-0.25, -0.2) is 4.79 Å². The number of esters is 1. The molecule has 0 spiro atoms. The molecule has 0 aliphatic carbocycles. The van der Waals surface area contributed by atoms with Crippen LogP contribution >= 0.6 is 0 Å². The van der Waals surface area contributed by atoms with Gasteiger partial charge in [0.1, 0.15) is 6.61 Å². The minimum absolute atomic E-state index is 0.140. The van der Waals surface area contributed by atoms with E-state index in [9.17, 15) is 4.79 Å². The van der Waals surface area contributed by atoms with Crippen LogP contribution in [-0.4, -0.2) is 18.7 Å². The summed E-state index contributed by atoms with van der Waals surface area (Å²) in [5, 5.41) is 0. The van der Waals surface area contributed by atoms with Gasteiger partial charge in [-0.3, -0.25) is 0 Å².